The third kappa shape index (κ3) is 2.07. The van der Waals surface area contributed by atoms with Gasteiger partial charge in [0.1, 0.15) is 6.29 Å². The normalized spacial score (nSPS) is 48.1. The Balaban J connectivity index is 1.66. The van der Waals surface area contributed by atoms with Gasteiger partial charge in [-0.05, 0) is 79.8 Å². The molecule has 0 saturated heterocycles. The van der Waals surface area contributed by atoms with Gasteiger partial charge in [-0.3, -0.25) is 4.79 Å². The molecule has 3 fully saturated rings. The zero-order chi connectivity index (χ0) is 17.1. The standard InChI is InChI=1S/C22H30O2/c1-14(13-23)18-6-7-19-17-5-4-15-12-16(24)8-10-21(15,2)20(17)9-11-22(18,19)3/h8,10,12-14,17-20H,4-7,9,11H2,1-3H3/t14-,17+,18-,19+,20+,21+,22-/m1/s1. The van der Waals surface area contributed by atoms with Gasteiger partial charge in [-0.1, -0.05) is 32.4 Å². The molecule has 0 radical (unpaired) electrons. The van der Waals surface area contributed by atoms with E-state index in [9.17, 15) is 9.59 Å². The average Bonchev–Trinajstić information content (AvgIpc) is 2.92. The summed E-state index contributed by atoms with van der Waals surface area (Å²) in [5.41, 5.74) is 1.80. The molecule has 0 bridgehead atoms. The predicted octanol–water partition coefficient (Wildman–Crippen LogP) is 4.75. The monoisotopic (exact) mass is 326 g/mol. The summed E-state index contributed by atoms with van der Waals surface area (Å²) in [5, 5.41) is 0. The second kappa shape index (κ2) is 5.41. The summed E-state index contributed by atoms with van der Waals surface area (Å²) in [6.45, 7) is 6.96. The van der Waals surface area contributed by atoms with E-state index < -0.39 is 0 Å². The van der Waals surface area contributed by atoms with Crippen molar-refractivity contribution in [2.45, 2.75) is 59.3 Å². The van der Waals surface area contributed by atoms with E-state index in [1.807, 2.05) is 6.08 Å². The predicted molar refractivity (Wildman–Crippen MR) is 95.3 cm³/mol. The van der Waals surface area contributed by atoms with E-state index in [0.717, 1.165) is 18.3 Å². The zero-order valence-electron chi connectivity index (χ0n) is 15.3. The maximum atomic E-state index is 11.8. The van der Waals surface area contributed by atoms with Gasteiger partial charge in [-0.25, -0.2) is 0 Å². The Labute approximate surface area is 145 Å². The van der Waals surface area contributed by atoms with Crippen LogP contribution in [0.25, 0.3) is 0 Å². The van der Waals surface area contributed by atoms with Gasteiger partial charge in [0.2, 0.25) is 0 Å². The molecule has 0 aromatic heterocycles. The molecule has 2 heteroatoms. The third-order valence-electron chi connectivity index (χ3n) is 8.48. The molecule has 0 spiro atoms. The number of fused-ring (bicyclic) bond motifs is 5. The van der Waals surface area contributed by atoms with Gasteiger partial charge in [0.15, 0.2) is 5.78 Å². The van der Waals surface area contributed by atoms with Crippen LogP contribution in [0.3, 0.4) is 0 Å². The number of hydrogen-bond acceptors (Lipinski definition) is 2. The molecule has 0 aromatic carbocycles. The first-order valence-corrected chi connectivity index (χ1v) is 9.79. The van der Waals surface area contributed by atoms with Crippen molar-refractivity contribution in [3.63, 3.8) is 0 Å². The summed E-state index contributed by atoms with van der Waals surface area (Å²) in [5.74, 6) is 3.11. The fourth-order valence-electron chi connectivity index (χ4n) is 7.20. The van der Waals surface area contributed by atoms with Crippen LogP contribution < -0.4 is 0 Å². The number of rotatable bonds is 2. The molecule has 24 heavy (non-hydrogen) atoms. The Morgan fingerprint density at radius 1 is 1.17 bits per heavy atom. The number of carbonyl (C=O) groups excluding carboxylic acids is 2. The van der Waals surface area contributed by atoms with Gasteiger partial charge in [0.05, 0.1) is 0 Å². The molecule has 3 saturated carbocycles. The van der Waals surface area contributed by atoms with Crippen LogP contribution in [0.4, 0.5) is 0 Å². The third-order valence-corrected chi connectivity index (χ3v) is 8.48. The highest BCUT2D eigenvalue weighted by atomic mass is 16.1. The van der Waals surface area contributed by atoms with Crippen LogP contribution in [-0.2, 0) is 9.59 Å². The maximum absolute atomic E-state index is 11.8. The Morgan fingerprint density at radius 3 is 2.71 bits per heavy atom. The maximum Gasteiger partial charge on any atom is 0.178 e. The van der Waals surface area contributed by atoms with E-state index in [2.05, 4.69) is 26.8 Å². The molecule has 0 amide bonds. The average molecular weight is 326 g/mol. The number of carbonyl (C=O) groups is 2. The Hall–Kier alpha value is -1.18. The molecule has 0 N–H and O–H groups in total. The van der Waals surface area contributed by atoms with Crippen molar-refractivity contribution >= 4 is 12.1 Å². The molecular weight excluding hydrogens is 296 g/mol. The lowest BCUT2D eigenvalue weighted by Crippen LogP contribution is -2.50. The minimum atomic E-state index is 0.0898. The van der Waals surface area contributed by atoms with Gasteiger partial charge < -0.3 is 4.79 Å². The van der Waals surface area contributed by atoms with Crippen LogP contribution in [0.2, 0.25) is 0 Å². The van der Waals surface area contributed by atoms with Crippen molar-refractivity contribution in [3.05, 3.63) is 23.8 Å². The molecule has 7 atom stereocenters. The number of ketones is 1. The van der Waals surface area contributed by atoms with Gasteiger partial charge in [0.25, 0.3) is 0 Å². The SMILES string of the molecule is C[C@H](C=O)[C@H]1CC[C@H]2[C@@H]3CCC4=CC(=O)C=C[C@]4(C)[C@H]3CC[C@]12C. The first-order valence-electron chi connectivity index (χ1n) is 9.79. The fraction of sp³-hybridized carbons (Fsp3) is 0.727. The van der Waals surface area contributed by atoms with Crippen molar-refractivity contribution < 1.29 is 9.59 Å². The number of allylic oxidation sites excluding steroid dienone is 4. The fourth-order valence-corrected chi connectivity index (χ4v) is 7.20. The van der Waals surface area contributed by atoms with E-state index in [4.69, 9.17) is 0 Å². The van der Waals surface area contributed by atoms with Gasteiger partial charge in [-0.2, -0.15) is 0 Å². The summed E-state index contributed by atoms with van der Waals surface area (Å²) in [6, 6.07) is 0. The quantitative estimate of drug-likeness (QED) is 0.687. The lowest BCUT2D eigenvalue weighted by molar-refractivity contribution is -0.115. The first-order chi connectivity index (χ1) is 11.4. The van der Waals surface area contributed by atoms with E-state index in [-0.39, 0.29) is 17.1 Å². The van der Waals surface area contributed by atoms with Gasteiger partial charge >= 0.3 is 0 Å². The van der Waals surface area contributed by atoms with Crippen molar-refractivity contribution in [1.29, 1.82) is 0 Å². The summed E-state index contributed by atoms with van der Waals surface area (Å²) < 4.78 is 0. The molecule has 4 aliphatic rings. The molecule has 4 aliphatic carbocycles. The summed E-state index contributed by atoms with van der Waals surface area (Å²) in [4.78, 5) is 23.2. The lowest BCUT2D eigenvalue weighted by Gasteiger charge is -2.57. The van der Waals surface area contributed by atoms with Gasteiger partial charge in [0, 0.05) is 11.3 Å². The molecular formula is C22H30O2. The van der Waals surface area contributed by atoms with E-state index in [0.29, 0.717) is 17.3 Å². The molecule has 4 rings (SSSR count). The van der Waals surface area contributed by atoms with Crippen LogP contribution in [0.5, 0.6) is 0 Å². The minimum Gasteiger partial charge on any atom is -0.303 e. The van der Waals surface area contributed by atoms with Gasteiger partial charge in [-0.15, -0.1) is 0 Å². The smallest absolute Gasteiger partial charge is 0.178 e. The van der Waals surface area contributed by atoms with Crippen LogP contribution >= 0.6 is 0 Å². The highest BCUT2D eigenvalue weighted by Gasteiger charge is 2.58. The van der Waals surface area contributed by atoms with Crippen LogP contribution in [0, 0.1) is 40.4 Å². The second-order valence-corrected chi connectivity index (χ2v) is 9.33. The summed E-state index contributed by atoms with van der Waals surface area (Å²) in [7, 11) is 0. The summed E-state index contributed by atoms with van der Waals surface area (Å²) >= 11 is 0. The Morgan fingerprint density at radius 2 is 1.96 bits per heavy atom. The first kappa shape index (κ1) is 16.3. The van der Waals surface area contributed by atoms with Crippen molar-refractivity contribution in [3.8, 4) is 0 Å². The molecule has 0 unspecified atom stereocenters. The highest BCUT2D eigenvalue weighted by molar-refractivity contribution is 6.01. The van der Waals surface area contributed by atoms with E-state index >= 15 is 0 Å². The zero-order valence-corrected chi connectivity index (χ0v) is 15.3. The van der Waals surface area contributed by atoms with Crippen molar-refractivity contribution in [1.82, 2.24) is 0 Å². The van der Waals surface area contributed by atoms with Crippen LogP contribution in [0.1, 0.15) is 59.3 Å². The highest BCUT2D eigenvalue weighted by Crippen LogP contribution is 2.66. The van der Waals surface area contributed by atoms with E-state index in [1.165, 1.54) is 44.0 Å². The molecule has 0 heterocycles. The van der Waals surface area contributed by atoms with E-state index in [1.54, 1.807) is 6.08 Å². The molecule has 0 aromatic rings. The Kier molecular flexibility index (Phi) is 3.67. The van der Waals surface area contributed by atoms with Crippen LogP contribution in [-0.4, -0.2) is 12.1 Å². The second-order valence-electron chi connectivity index (χ2n) is 9.33. The lowest BCUT2D eigenvalue weighted by atomic mass is 9.47. The molecule has 130 valence electrons. The van der Waals surface area contributed by atoms with Crippen LogP contribution in [0.15, 0.2) is 23.8 Å². The van der Waals surface area contributed by atoms with Crippen molar-refractivity contribution in [2.24, 2.45) is 40.4 Å². The Bertz CT molecular complexity index is 630. The molecule has 0 aliphatic heterocycles. The number of hydrogen-bond donors (Lipinski definition) is 0. The summed E-state index contributed by atoms with van der Waals surface area (Å²) in [6.07, 6.45) is 14.4. The molecule has 2 nitrogen and oxygen atoms in total. The largest absolute Gasteiger partial charge is 0.303 e. The number of aldehydes is 1. The van der Waals surface area contributed by atoms with Crippen molar-refractivity contribution in [2.75, 3.05) is 0 Å². The minimum absolute atomic E-state index is 0.0898. The topological polar surface area (TPSA) is 34.1 Å².